The maximum absolute atomic E-state index is 5.68. The third kappa shape index (κ3) is 3.30. The number of halogens is 1. The first-order valence-corrected chi connectivity index (χ1v) is 6.98. The predicted molar refractivity (Wildman–Crippen MR) is 70.9 cm³/mol. The Bertz CT molecular complexity index is 372. The van der Waals surface area contributed by atoms with E-state index in [0.717, 1.165) is 29.9 Å². The third-order valence-corrected chi connectivity index (χ3v) is 4.23. The van der Waals surface area contributed by atoms with Crippen LogP contribution in [0.25, 0.3) is 0 Å². The summed E-state index contributed by atoms with van der Waals surface area (Å²) in [6, 6.07) is 0. The highest BCUT2D eigenvalue weighted by Crippen LogP contribution is 2.20. The molecule has 17 heavy (non-hydrogen) atoms. The molecule has 0 spiro atoms. The number of ether oxygens (including phenoxy) is 1. The van der Waals surface area contributed by atoms with E-state index in [9.17, 15) is 0 Å². The highest BCUT2D eigenvalue weighted by molar-refractivity contribution is 9.10. The summed E-state index contributed by atoms with van der Waals surface area (Å²) in [7, 11) is 1.98. The summed E-state index contributed by atoms with van der Waals surface area (Å²) in [6.45, 7) is 4.69. The Morgan fingerprint density at radius 1 is 1.53 bits per heavy atom. The van der Waals surface area contributed by atoms with E-state index >= 15 is 0 Å². The summed E-state index contributed by atoms with van der Waals surface area (Å²) < 4.78 is 8.72. The van der Waals surface area contributed by atoms with E-state index in [1.54, 1.807) is 0 Å². The monoisotopic (exact) mass is 301 g/mol. The quantitative estimate of drug-likeness (QED) is 0.926. The molecule has 2 heterocycles. The van der Waals surface area contributed by atoms with Gasteiger partial charge in [-0.2, -0.15) is 5.10 Å². The summed E-state index contributed by atoms with van der Waals surface area (Å²) in [5, 5.41) is 7.83. The molecule has 1 atom stereocenters. The molecule has 1 fully saturated rings. The Hall–Kier alpha value is -0.390. The molecule has 5 heteroatoms. The van der Waals surface area contributed by atoms with Crippen LogP contribution in [0, 0.1) is 6.92 Å². The van der Waals surface area contributed by atoms with Crippen LogP contribution in [-0.4, -0.2) is 29.0 Å². The SMILES string of the molecule is Cc1nn(C)c(CNCC2CCCCO2)c1Br. The molecule has 1 aromatic rings. The minimum atomic E-state index is 0.386. The molecule has 0 bridgehead atoms. The lowest BCUT2D eigenvalue weighted by atomic mass is 10.1. The number of hydrogen-bond donors (Lipinski definition) is 1. The molecule has 2 rings (SSSR count). The highest BCUT2D eigenvalue weighted by atomic mass is 79.9. The fourth-order valence-corrected chi connectivity index (χ4v) is 2.67. The molecule has 4 nitrogen and oxygen atoms in total. The van der Waals surface area contributed by atoms with Crippen LogP contribution in [0.2, 0.25) is 0 Å². The summed E-state index contributed by atoms with van der Waals surface area (Å²) in [6.07, 6.45) is 4.07. The third-order valence-electron chi connectivity index (χ3n) is 3.20. The van der Waals surface area contributed by atoms with E-state index in [0.29, 0.717) is 6.10 Å². The van der Waals surface area contributed by atoms with Crippen LogP contribution >= 0.6 is 15.9 Å². The van der Waals surface area contributed by atoms with Crippen LogP contribution in [0.15, 0.2) is 4.47 Å². The Labute approximate surface area is 111 Å². The molecule has 96 valence electrons. The van der Waals surface area contributed by atoms with Crippen LogP contribution in [0.4, 0.5) is 0 Å². The van der Waals surface area contributed by atoms with E-state index in [1.807, 2.05) is 18.7 Å². The van der Waals surface area contributed by atoms with Crippen molar-refractivity contribution in [2.75, 3.05) is 13.2 Å². The lowest BCUT2D eigenvalue weighted by Crippen LogP contribution is -2.31. The van der Waals surface area contributed by atoms with Gasteiger partial charge >= 0.3 is 0 Å². The normalized spacial score (nSPS) is 20.8. The van der Waals surface area contributed by atoms with Gasteiger partial charge in [0.05, 0.1) is 22.0 Å². The first kappa shape index (κ1) is 13.1. The first-order chi connectivity index (χ1) is 8.18. The van der Waals surface area contributed by atoms with Crippen LogP contribution in [0.1, 0.15) is 30.7 Å². The van der Waals surface area contributed by atoms with Crippen molar-refractivity contribution < 1.29 is 4.74 Å². The zero-order valence-electron chi connectivity index (χ0n) is 10.5. The average molecular weight is 302 g/mol. The number of nitrogens with zero attached hydrogens (tertiary/aromatic N) is 2. The van der Waals surface area contributed by atoms with Crippen molar-refractivity contribution in [3.05, 3.63) is 15.9 Å². The van der Waals surface area contributed by atoms with Crippen molar-refractivity contribution in [2.45, 2.75) is 38.8 Å². The van der Waals surface area contributed by atoms with Gasteiger partial charge in [-0.15, -0.1) is 0 Å². The van der Waals surface area contributed by atoms with Crippen molar-refractivity contribution in [1.29, 1.82) is 0 Å². The van der Waals surface area contributed by atoms with Gasteiger partial charge in [0.25, 0.3) is 0 Å². The van der Waals surface area contributed by atoms with Crippen LogP contribution in [0.3, 0.4) is 0 Å². The van der Waals surface area contributed by atoms with Gasteiger partial charge in [-0.1, -0.05) is 0 Å². The maximum Gasteiger partial charge on any atom is 0.0739 e. The van der Waals surface area contributed by atoms with Gasteiger partial charge in [-0.05, 0) is 42.1 Å². The standard InChI is InChI=1S/C12H20BrN3O/c1-9-12(13)11(16(2)15-9)8-14-7-10-5-3-4-6-17-10/h10,14H,3-8H2,1-2H3. The summed E-state index contributed by atoms with van der Waals surface area (Å²) >= 11 is 3.57. The molecule has 0 radical (unpaired) electrons. The van der Waals surface area contributed by atoms with Gasteiger partial charge in [-0.25, -0.2) is 0 Å². The molecule has 1 aliphatic heterocycles. The van der Waals surface area contributed by atoms with Crippen molar-refractivity contribution in [3.63, 3.8) is 0 Å². The van der Waals surface area contributed by atoms with Crippen LogP contribution in [-0.2, 0) is 18.3 Å². The topological polar surface area (TPSA) is 39.1 Å². The molecule has 1 aromatic heterocycles. The van der Waals surface area contributed by atoms with Gasteiger partial charge in [-0.3, -0.25) is 4.68 Å². The number of aryl methyl sites for hydroxylation is 2. The van der Waals surface area contributed by atoms with Gasteiger partial charge < -0.3 is 10.1 Å². The van der Waals surface area contributed by atoms with Crippen LogP contribution < -0.4 is 5.32 Å². The molecule has 1 aliphatic rings. The molecular weight excluding hydrogens is 282 g/mol. The fraction of sp³-hybridized carbons (Fsp3) is 0.750. The molecule has 0 aliphatic carbocycles. The minimum absolute atomic E-state index is 0.386. The van der Waals surface area contributed by atoms with Crippen LogP contribution in [0.5, 0.6) is 0 Å². The Kier molecular flexibility index (Phi) is 4.59. The van der Waals surface area contributed by atoms with Gasteiger partial charge in [0, 0.05) is 26.7 Å². The molecule has 0 saturated carbocycles. The van der Waals surface area contributed by atoms with Crippen molar-refractivity contribution in [3.8, 4) is 0 Å². The fourth-order valence-electron chi connectivity index (χ4n) is 2.19. The highest BCUT2D eigenvalue weighted by Gasteiger charge is 2.14. The van der Waals surface area contributed by atoms with E-state index in [1.165, 1.54) is 25.0 Å². The Morgan fingerprint density at radius 2 is 2.35 bits per heavy atom. The second-order valence-electron chi connectivity index (χ2n) is 4.59. The number of rotatable bonds is 4. The second kappa shape index (κ2) is 5.98. The van der Waals surface area contributed by atoms with Crippen molar-refractivity contribution in [2.24, 2.45) is 7.05 Å². The number of hydrogen-bond acceptors (Lipinski definition) is 3. The summed E-state index contributed by atoms with van der Waals surface area (Å²) in [4.78, 5) is 0. The van der Waals surface area contributed by atoms with Gasteiger partial charge in [0.1, 0.15) is 0 Å². The van der Waals surface area contributed by atoms with E-state index in [-0.39, 0.29) is 0 Å². The van der Waals surface area contributed by atoms with E-state index in [4.69, 9.17) is 4.74 Å². The lowest BCUT2D eigenvalue weighted by molar-refractivity contribution is 0.0167. The largest absolute Gasteiger partial charge is 0.377 e. The first-order valence-electron chi connectivity index (χ1n) is 6.18. The lowest BCUT2D eigenvalue weighted by Gasteiger charge is -2.22. The zero-order chi connectivity index (χ0) is 12.3. The predicted octanol–water partition coefficient (Wildman–Crippen LogP) is 2.15. The average Bonchev–Trinajstić information content (AvgIpc) is 2.57. The molecule has 1 unspecified atom stereocenters. The number of aromatic nitrogens is 2. The Balaban J connectivity index is 1.81. The molecule has 1 saturated heterocycles. The van der Waals surface area contributed by atoms with Crippen molar-refractivity contribution in [1.82, 2.24) is 15.1 Å². The Morgan fingerprint density at radius 3 is 2.94 bits per heavy atom. The number of nitrogens with one attached hydrogen (secondary N) is 1. The summed E-state index contributed by atoms with van der Waals surface area (Å²) in [5.74, 6) is 0. The summed E-state index contributed by atoms with van der Waals surface area (Å²) in [5.41, 5.74) is 2.23. The van der Waals surface area contributed by atoms with E-state index < -0.39 is 0 Å². The minimum Gasteiger partial charge on any atom is -0.377 e. The molecule has 0 aromatic carbocycles. The van der Waals surface area contributed by atoms with Crippen molar-refractivity contribution >= 4 is 15.9 Å². The molecule has 0 amide bonds. The van der Waals surface area contributed by atoms with Gasteiger partial charge in [0.15, 0.2) is 0 Å². The second-order valence-corrected chi connectivity index (χ2v) is 5.38. The van der Waals surface area contributed by atoms with Gasteiger partial charge in [0.2, 0.25) is 0 Å². The molecule has 1 N–H and O–H groups in total. The smallest absolute Gasteiger partial charge is 0.0739 e. The maximum atomic E-state index is 5.68. The molecular formula is C12H20BrN3O. The zero-order valence-corrected chi connectivity index (χ0v) is 12.1. The van der Waals surface area contributed by atoms with E-state index in [2.05, 4.69) is 26.3 Å².